The molecule has 0 aliphatic heterocycles. The number of benzene rings is 2. The van der Waals surface area contributed by atoms with Crippen LogP contribution in [0.15, 0.2) is 54.6 Å². The molecule has 0 heterocycles. The lowest BCUT2D eigenvalue weighted by Crippen LogP contribution is -2.26. The van der Waals surface area contributed by atoms with Gasteiger partial charge in [0, 0.05) is 12.6 Å². The van der Waals surface area contributed by atoms with Crippen LogP contribution in [0.3, 0.4) is 0 Å². The molecule has 0 aromatic heterocycles. The predicted molar refractivity (Wildman–Crippen MR) is 81.4 cm³/mol. The van der Waals surface area contributed by atoms with Gasteiger partial charge in [-0.25, -0.2) is 0 Å². The molecular formula is C16H16N2O4. The molecule has 1 atom stereocenters. The Balaban J connectivity index is 1.92. The van der Waals surface area contributed by atoms with E-state index in [9.17, 15) is 20.0 Å². The Bertz CT molecular complexity index is 658. The van der Waals surface area contributed by atoms with E-state index < -0.39 is 16.9 Å². The molecule has 0 aliphatic carbocycles. The molecule has 6 nitrogen and oxygen atoms in total. The minimum Gasteiger partial charge on any atom is -0.388 e. The van der Waals surface area contributed by atoms with Crippen molar-refractivity contribution >= 4 is 11.6 Å². The zero-order chi connectivity index (χ0) is 15.9. The molecule has 0 spiro atoms. The summed E-state index contributed by atoms with van der Waals surface area (Å²) in [6.07, 6.45) is -0.358. The number of amides is 1. The smallest absolute Gasteiger partial charge is 0.282 e. The molecule has 2 aromatic rings. The fourth-order valence-electron chi connectivity index (χ4n) is 2.08. The molecule has 1 unspecified atom stereocenters. The average Bonchev–Trinajstić information content (AvgIpc) is 2.55. The topological polar surface area (TPSA) is 92.5 Å². The Hall–Kier alpha value is -2.73. The van der Waals surface area contributed by atoms with Crippen LogP contribution in [0, 0.1) is 10.1 Å². The van der Waals surface area contributed by atoms with Crippen molar-refractivity contribution in [2.45, 2.75) is 12.5 Å². The van der Waals surface area contributed by atoms with Gasteiger partial charge in [0.25, 0.3) is 11.6 Å². The first kappa shape index (κ1) is 15.7. The van der Waals surface area contributed by atoms with Gasteiger partial charge in [-0.3, -0.25) is 14.9 Å². The molecule has 0 radical (unpaired) electrons. The van der Waals surface area contributed by atoms with Crippen molar-refractivity contribution < 1.29 is 14.8 Å². The van der Waals surface area contributed by atoms with E-state index in [-0.39, 0.29) is 17.8 Å². The van der Waals surface area contributed by atoms with Crippen molar-refractivity contribution in [2.75, 3.05) is 6.54 Å². The van der Waals surface area contributed by atoms with E-state index in [4.69, 9.17) is 0 Å². The number of nitrogens with one attached hydrogen (secondary N) is 1. The van der Waals surface area contributed by atoms with Crippen molar-refractivity contribution in [3.63, 3.8) is 0 Å². The molecule has 2 N–H and O–H groups in total. The van der Waals surface area contributed by atoms with Gasteiger partial charge in [-0.05, 0) is 18.1 Å². The standard InChI is InChI=1S/C16H16N2O4/c19-15(12-6-2-1-3-7-12)10-11-17-16(20)13-8-4-5-9-14(13)18(21)22/h1-9,15,19H,10-11H2,(H,17,20). The molecule has 1 amide bonds. The summed E-state index contributed by atoms with van der Waals surface area (Å²) in [6.45, 7) is 0.223. The number of hydrogen-bond donors (Lipinski definition) is 2. The van der Waals surface area contributed by atoms with E-state index >= 15 is 0 Å². The summed E-state index contributed by atoms with van der Waals surface area (Å²) in [4.78, 5) is 22.3. The largest absolute Gasteiger partial charge is 0.388 e. The Morgan fingerprint density at radius 1 is 1.14 bits per heavy atom. The normalized spacial score (nSPS) is 11.7. The Morgan fingerprint density at radius 3 is 2.45 bits per heavy atom. The number of nitro groups is 1. The second kappa shape index (κ2) is 7.33. The lowest BCUT2D eigenvalue weighted by Gasteiger charge is -2.11. The first-order valence-corrected chi connectivity index (χ1v) is 6.84. The zero-order valence-corrected chi connectivity index (χ0v) is 11.8. The molecule has 0 saturated carbocycles. The third-order valence-electron chi connectivity index (χ3n) is 3.23. The number of aliphatic hydroxyl groups is 1. The highest BCUT2D eigenvalue weighted by atomic mass is 16.6. The Kier molecular flexibility index (Phi) is 5.21. The average molecular weight is 300 g/mol. The molecule has 0 aliphatic rings. The Labute approximate surface area is 127 Å². The lowest BCUT2D eigenvalue weighted by atomic mass is 10.1. The van der Waals surface area contributed by atoms with Gasteiger partial charge in [0.05, 0.1) is 11.0 Å². The van der Waals surface area contributed by atoms with Crippen LogP contribution in [-0.2, 0) is 0 Å². The van der Waals surface area contributed by atoms with E-state index in [0.29, 0.717) is 6.42 Å². The third kappa shape index (κ3) is 3.89. The van der Waals surface area contributed by atoms with E-state index in [1.54, 1.807) is 18.2 Å². The summed E-state index contributed by atoms with van der Waals surface area (Å²) in [5.41, 5.74) is 0.549. The molecule has 114 valence electrons. The van der Waals surface area contributed by atoms with Crippen LogP contribution < -0.4 is 5.32 Å². The summed E-state index contributed by atoms with van der Waals surface area (Å²) < 4.78 is 0. The molecule has 0 fully saturated rings. The van der Waals surface area contributed by atoms with Gasteiger partial charge in [0.15, 0.2) is 0 Å². The van der Waals surface area contributed by atoms with Gasteiger partial charge in [-0.2, -0.15) is 0 Å². The number of carbonyl (C=O) groups excluding carboxylic acids is 1. The molecular weight excluding hydrogens is 284 g/mol. The summed E-state index contributed by atoms with van der Waals surface area (Å²) in [5, 5.41) is 23.5. The molecule has 0 bridgehead atoms. The van der Waals surface area contributed by atoms with Gasteiger partial charge in [0.1, 0.15) is 5.56 Å². The van der Waals surface area contributed by atoms with Crippen molar-refractivity contribution in [1.82, 2.24) is 5.32 Å². The van der Waals surface area contributed by atoms with Crippen molar-refractivity contribution in [3.05, 3.63) is 75.8 Å². The monoisotopic (exact) mass is 300 g/mol. The second-order valence-corrected chi connectivity index (χ2v) is 4.75. The van der Waals surface area contributed by atoms with Gasteiger partial charge >= 0.3 is 0 Å². The van der Waals surface area contributed by atoms with Crippen LogP contribution in [0.2, 0.25) is 0 Å². The van der Waals surface area contributed by atoms with Gasteiger partial charge in [-0.1, -0.05) is 42.5 Å². The SMILES string of the molecule is O=C(NCCC(O)c1ccccc1)c1ccccc1[N+](=O)[O-]. The highest BCUT2D eigenvalue weighted by Crippen LogP contribution is 2.18. The maximum atomic E-state index is 12.0. The highest BCUT2D eigenvalue weighted by Gasteiger charge is 2.19. The Morgan fingerprint density at radius 2 is 1.77 bits per heavy atom. The van der Waals surface area contributed by atoms with E-state index in [1.807, 2.05) is 18.2 Å². The van der Waals surface area contributed by atoms with E-state index in [0.717, 1.165) is 5.56 Å². The number of hydrogen-bond acceptors (Lipinski definition) is 4. The maximum absolute atomic E-state index is 12.0. The van der Waals surface area contributed by atoms with Gasteiger partial charge in [-0.15, -0.1) is 0 Å². The number of para-hydroxylation sites is 1. The summed E-state index contributed by atoms with van der Waals surface area (Å²) in [6, 6.07) is 14.9. The highest BCUT2D eigenvalue weighted by molar-refractivity contribution is 5.98. The first-order valence-electron chi connectivity index (χ1n) is 6.84. The lowest BCUT2D eigenvalue weighted by molar-refractivity contribution is -0.385. The van der Waals surface area contributed by atoms with Crippen LogP contribution >= 0.6 is 0 Å². The van der Waals surface area contributed by atoms with Crippen LogP contribution in [0.4, 0.5) is 5.69 Å². The quantitative estimate of drug-likeness (QED) is 0.633. The number of rotatable bonds is 6. The fraction of sp³-hybridized carbons (Fsp3) is 0.188. The molecule has 2 aromatic carbocycles. The minimum atomic E-state index is -0.688. The number of carbonyl (C=O) groups is 1. The number of nitrogens with zero attached hydrogens (tertiary/aromatic N) is 1. The second-order valence-electron chi connectivity index (χ2n) is 4.75. The summed E-state index contributed by atoms with van der Waals surface area (Å²) in [5.74, 6) is -0.521. The summed E-state index contributed by atoms with van der Waals surface area (Å²) >= 11 is 0. The van der Waals surface area contributed by atoms with Crippen molar-refractivity contribution in [1.29, 1.82) is 0 Å². The molecule has 2 rings (SSSR count). The van der Waals surface area contributed by atoms with Crippen LogP contribution in [0.5, 0.6) is 0 Å². The zero-order valence-electron chi connectivity index (χ0n) is 11.8. The maximum Gasteiger partial charge on any atom is 0.282 e. The minimum absolute atomic E-state index is 0.0155. The summed E-state index contributed by atoms with van der Waals surface area (Å²) in [7, 11) is 0. The van der Waals surface area contributed by atoms with Crippen molar-refractivity contribution in [3.8, 4) is 0 Å². The van der Waals surface area contributed by atoms with Crippen molar-refractivity contribution in [2.24, 2.45) is 0 Å². The van der Waals surface area contributed by atoms with Crippen LogP contribution in [-0.4, -0.2) is 22.5 Å². The molecule has 22 heavy (non-hydrogen) atoms. The fourth-order valence-corrected chi connectivity index (χ4v) is 2.08. The van der Waals surface area contributed by atoms with Gasteiger partial charge in [0.2, 0.25) is 0 Å². The first-order chi connectivity index (χ1) is 10.6. The van der Waals surface area contributed by atoms with E-state index in [2.05, 4.69) is 5.32 Å². The number of aliphatic hydroxyl groups excluding tert-OH is 1. The third-order valence-corrected chi connectivity index (χ3v) is 3.23. The van der Waals surface area contributed by atoms with Crippen LogP contribution in [0.1, 0.15) is 28.4 Å². The number of nitro benzene ring substituents is 1. The van der Waals surface area contributed by atoms with E-state index in [1.165, 1.54) is 18.2 Å². The van der Waals surface area contributed by atoms with Gasteiger partial charge < -0.3 is 10.4 Å². The molecule has 6 heteroatoms. The van der Waals surface area contributed by atoms with Crippen LogP contribution in [0.25, 0.3) is 0 Å². The molecule has 0 saturated heterocycles. The predicted octanol–water partition coefficient (Wildman–Crippen LogP) is 2.45.